The third kappa shape index (κ3) is 1.69. The second-order valence-corrected chi connectivity index (χ2v) is 6.57. The Morgan fingerprint density at radius 2 is 2.42 bits per heavy atom. The first-order chi connectivity index (χ1) is 9.22. The summed E-state index contributed by atoms with van der Waals surface area (Å²) >= 11 is 3.01. The summed E-state index contributed by atoms with van der Waals surface area (Å²) in [6.07, 6.45) is 2.26. The molecule has 1 atom stereocenters. The Morgan fingerprint density at radius 3 is 3.21 bits per heavy atom. The molecular weight excluding hydrogens is 282 g/mol. The summed E-state index contributed by atoms with van der Waals surface area (Å²) in [6, 6.07) is 1.90. The molecule has 5 nitrogen and oxygen atoms in total. The molecule has 1 fully saturated rings. The number of thiophene rings is 1. The highest BCUT2D eigenvalue weighted by Crippen LogP contribution is 2.29. The van der Waals surface area contributed by atoms with Crippen LogP contribution in [0.3, 0.4) is 0 Å². The van der Waals surface area contributed by atoms with Crippen molar-refractivity contribution in [1.29, 1.82) is 0 Å². The molecule has 1 N–H and O–H groups in total. The van der Waals surface area contributed by atoms with Gasteiger partial charge >= 0.3 is 0 Å². The molecule has 0 unspecified atom stereocenters. The Hall–Kier alpha value is -1.44. The van der Waals surface area contributed by atoms with E-state index in [1.54, 1.807) is 16.2 Å². The number of aliphatic hydroxyl groups is 1. The molecule has 0 bridgehead atoms. The highest BCUT2D eigenvalue weighted by Gasteiger charge is 2.27. The Kier molecular flexibility index (Phi) is 2.41. The van der Waals surface area contributed by atoms with Crippen molar-refractivity contribution in [1.82, 2.24) is 14.3 Å². The van der Waals surface area contributed by atoms with E-state index >= 15 is 0 Å². The van der Waals surface area contributed by atoms with Crippen molar-refractivity contribution in [3.8, 4) is 0 Å². The highest BCUT2D eigenvalue weighted by atomic mass is 32.1. The zero-order chi connectivity index (χ0) is 13.0. The van der Waals surface area contributed by atoms with E-state index in [0.717, 1.165) is 15.3 Å². The summed E-state index contributed by atoms with van der Waals surface area (Å²) < 4.78 is 2.01. The van der Waals surface area contributed by atoms with E-state index in [2.05, 4.69) is 4.98 Å². The standard InChI is InChI=1S/C12H11N3O2S2/c16-7-1-2-14(6-7)11(17)9-5-8-10(19-9)13-12-15(8)3-4-18-12/h3-5,7,16H,1-2,6H2/t7-/m1/s1. The Morgan fingerprint density at radius 1 is 1.53 bits per heavy atom. The van der Waals surface area contributed by atoms with Gasteiger partial charge in [-0.3, -0.25) is 9.20 Å². The second-order valence-electron chi connectivity index (χ2n) is 4.66. The number of likely N-dealkylation sites (tertiary alicyclic amines) is 1. The highest BCUT2D eigenvalue weighted by molar-refractivity contribution is 7.21. The molecule has 3 aromatic heterocycles. The first-order valence-electron chi connectivity index (χ1n) is 6.05. The maximum absolute atomic E-state index is 12.3. The normalized spacial score (nSPS) is 19.8. The summed E-state index contributed by atoms with van der Waals surface area (Å²) in [5, 5.41) is 11.5. The van der Waals surface area contributed by atoms with Gasteiger partial charge in [0.15, 0.2) is 4.96 Å². The van der Waals surface area contributed by atoms with Crippen molar-refractivity contribution in [3.63, 3.8) is 0 Å². The first-order valence-corrected chi connectivity index (χ1v) is 7.74. The van der Waals surface area contributed by atoms with E-state index in [-0.39, 0.29) is 12.0 Å². The average Bonchev–Trinajstić information content (AvgIpc) is 3.07. The van der Waals surface area contributed by atoms with Crippen LogP contribution in [-0.2, 0) is 0 Å². The average molecular weight is 293 g/mol. The zero-order valence-corrected chi connectivity index (χ0v) is 11.6. The molecule has 0 saturated carbocycles. The summed E-state index contributed by atoms with van der Waals surface area (Å²) in [6.45, 7) is 1.08. The van der Waals surface area contributed by atoms with Crippen molar-refractivity contribution in [2.45, 2.75) is 12.5 Å². The lowest BCUT2D eigenvalue weighted by Gasteiger charge is -2.13. The van der Waals surface area contributed by atoms with Crippen molar-refractivity contribution in [3.05, 3.63) is 22.5 Å². The summed E-state index contributed by atoms with van der Waals surface area (Å²) in [4.78, 5) is 21.1. The van der Waals surface area contributed by atoms with Crippen LogP contribution in [0.1, 0.15) is 16.1 Å². The smallest absolute Gasteiger partial charge is 0.264 e. The first kappa shape index (κ1) is 11.4. The van der Waals surface area contributed by atoms with Gasteiger partial charge in [-0.05, 0) is 12.5 Å². The minimum Gasteiger partial charge on any atom is -0.391 e. The van der Waals surface area contributed by atoms with Gasteiger partial charge in [0.2, 0.25) is 0 Å². The Bertz CT molecular complexity index is 772. The van der Waals surface area contributed by atoms with Crippen LogP contribution in [0.15, 0.2) is 17.6 Å². The van der Waals surface area contributed by atoms with Crippen LogP contribution in [0.25, 0.3) is 15.3 Å². The molecule has 4 rings (SSSR count). The number of nitrogens with zero attached hydrogens (tertiary/aromatic N) is 3. The van der Waals surface area contributed by atoms with Crippen molar-refractivity contribution in [2.24, 2.45) is 0 Å². The molecule has 0 spiro atoms. The minimum atomic E-state index is -0.377. The van der Waals surface area contributed by atoms with Gasteiger partial charge in [0.1, 0.15) is 4.83 Å². The number of carbonyl (C=O) groups is 1. The van der Waals surface area contributed by atoms with Crippen molar-refractivity contribution < 1.29 is 9.90 Å². The number of aromatic nitrogens is 2. The van der Waals surface area contributed by atoms with Crippen LogP contribution in [0.2, 0.25) is 0 Å². The second kappa shape index (κ2) is 4.03. The van der Waals surface area contributed by atoms with Gasteiger partial charge in [0.05, 0.1) is 16.5 Å². The number of hydrogen-bond acceptors (Lipinski definition) is 5. The monoisotopic (exact) mass is 293 g/mol. The lowest BCUT2D eigenvalue weighted by atomic mass is 10.3. The van der Waals surface area contributed by atoms with Crippen LogP contribution >= 0.6 is 22.7 Å². The van der Waals surface area contributed by atoms with Gasteiger partial charge < -0.3 is 10.0 Å². The molecule has 7 heteroatoms. The number of amides is 1. The van der Waals surface area contributed by atoms with Crippen LogP contribution < -0.4 is 0 Å². The fourth-order valence-corrected chi connectivity index (χ4v) is 4.20. The molecule has 0 aromatic carbocycles. The molecule has 1 saturated heterocycles. The van der Waals surface area contributed by atoms with Gasteiger partial charge in [-0.1, -0.05) is 0 Å². The van der Waals surface area contributed by atoms with Crippen LogP contribution in [-0.4, -0.2) is 44.5 Å². The maximum atomic E-state index is 12.3. The van der Waals surface area contributed by atoms with Gasteiger partial charge in [-0.25, -0.2) is 4.98 Å². The lowest BCUT2D eigenvalue weighted by molar-refractivity contribution is 0.0770. The van der Waals surface area contributed by atoms with E-state index in [9.17, 15) is 9.90 Å². The topological polar surface area (TPSA) is 57.8 Å². The van der Waals surface area contributed by atoms with Gasteiger partial charge in [0, 0.05) is 24.7 Å². The van der Waals surface area contributed by atoms with Crippen molar-refractivity contribution in [2.75, 3.05) is 13.1 Å². The molecule has 98 valence electrons. The van der Waals surface area contributed by atoms with Crippen LogP contribution in [0.4, 0.5) is 0 Å². The molecule has 3 aromatic rings. The lowest BCUT2D eigenvalue weighted by Crippen LogP contribution is -2.28. The molecule has 0 radical (unpaired) electrons. The molecule has 1 aliphatic heterocycles. The van der Waals surface area contributed by atoms with Gasteiger partial charge in [0.25, 0.3) is 5.91 Å². The van der Waals surface area contributed by atoms with Crippen LogP contribution in [0, 0.1) is 0 Å². The summed E-state index contributed by atoms with van der Waals surface area (Å²) in [7, 11) is 0. The molecular formula is C12H11N3O2S2. The van der Waals surface area contributed by atoms with E-state index in [1.807, 2.05) is 22.0 Å². The predicted molar refractivity (Wildman–Crippen MR) is 75.0 cm³/mol. The number of fused-ring (bicyclic) bond motifs is 3. The zero-order valence-electron chi connectivity index (χ0n) is 9.94. The number of rotatable bonds is 1. The maximum Gasteiger partial charge on any atom is 0.264 e. The summed E-state index contributed by atoms with van der Waals surface area (Å²) in [5.41, 5.74) is 0.990. The number of aliphatic hydroxyl groups excluding tert-OH is 1. The third-order valence-electron chi connectivity index (χ3n) is 3.40. The van der Waals surface area contributed by atoms with E-state index in [4.69, 9.17) is 0 Å². The van der Waals surface area contributed by atoms with Gasteiger partial charge in [-0.2, -0.15) is 0 Å². The van der Waals surface area contributed by atoms with Crippen LogP contribution in [0.5, 0.6) is 0 Å². The molecule has 1 amide bonds. The SMILES string of the molecule is O=C(c1cc2c(nc3sccn32)s1)N1CC[C@@H](O)C1. The number of imidazole rings is 1. The van der Waals surface area contributed by atoms with E-state index in [0.29, 0.717) is 24.4 Å². The molecule has 0 aliphatic carbocycles. The molecule has 4 heterocycles. The van der Waals surface area contributed by atoms with Crippen molar-refractivity contribution >= 4 is 43.9 Å². The number of hydrogen-bond donors (Lipinski definition) is 1. The number of carbonyl (C=O) groups excluding carboxylic acids is 1. The molecule has 19 heavy (non-hydrogen) atoms. The third-order valence-corrected chi connectivity index (χ3v) is 5.16. The Balaban J connectivity index is 1.74. The minimum absolute atomic E-state index is 0.00327. The fourth-order valence-electron chi connectivity index (χ4n) is 2.44. The van der Waals surface area contributed by atoms with Gasteiger partial charge in [-0.15, -0.1) is 22.7 Å². The number of thiazole rings is 1. The predicted octanol–water partition coefficient (Wildman–Crippen LogP) is 1.82. The summed E-state index contributed by atoms with van der Waals surface area (Å²) in [5.74, 6) is 0.00327. The molecule has 1 aliphatic rings. The Labute approximate surface area is 116 Å². The van der Waals surface area contributed by atoms with E-state index in [1.165, 1.54) is 11.3 Å². The quantitative estimate of drug-likeness (QED) is 0.744. The largest absolute Gasteiger partial charge is 0.391 e. The number of β-amino-alcohol motifs (C(OH)–C–C–N with tert-alkyl or cyclic N) is 1. The fraction of sp³-hybridized carbons (Fsp3) is 0.333. The van der Waals surface area contributed by atoms with E-state index < -0.39 is 0 Å².